The summed E-state index contributed by atoms with van der Waals surface area (Å²) < 4.78 is 7.87. The molecule has 0 spiro atoms. The Morgan fingerprint density at radius 1 is 1.19 bits per heavy atom. The summed E-state index contributed by atoms with van der Waals surface area (Å²) in [5.41, 5.74) is 1.39. The van der Waals surface area contributed by atoms with Crippen molar-refractivity contribution < 1.29 is 4.43 Å². The first-order chi connectivity index (χ1) is 9.62. The van der Waals surface area contributed by atoms with Crippen LogP contribution < -0.4 is 0 Å². The van der Waals surface area contributed by atoms with Crippen LogP contribution in [0.15, 0.2) is 38.0 Å². The van der Waals surface area contributed by atoms with Crippen LogP contribution in [-0.2, 0) is 10.8 Å². The van der Waals surface area contributed by atoms with E-state index < -0.39 is 8.32 Å². The molecular formula is C17H26I2OSi. The van der Waals surface area contributed by atoms with Crippen molar-refractivity contribution in [2.24, 2.45) is 0 Å². The summed E-state index contributed by atoms with van der Waals surface area (Å²) >= 11 is 4.74. The lowest BCUT2D eigenvalue weighted by atomic mass is 10.1. The third-order valence-electron chi connectivity index (χ3n) is 4.12. The van der Waals surface area contributed by atoms with Crippen LogP contribution in [0.5, 0.6) is 0 Å². The van der Waals surface area contributed by atoms with Gasteiger partial charge in [0.05, 0.1) is 6.10 Å². The monoisotopic (exact) mass is 528 g/mol. The van der Waals surface area contributed by atoms with Gasteiger partial charge in [0, 0.05) is 1.59 Å². The Bertz CT molecular complexity index is 459. The minimum atomic E-state index is -1.72. The summed E-state index contributed by atoms with van der Waals surface area (Å²) in [5.74, 6) is 0. The highest BCUT2D eigenvalue weighted by Gasteiger charge is 2.38. The molecule has 0 fully saturated rings. The predicted octanol–water partition coefficient (Wildman–Crippen LogP) is 6.72. The Morgan fingerprint density at radius 3 is 2.24 bits per heavy atom. The van der Waals surface area contributed by atoms with Crippen LogP contribution in [0.3, 0.4) is 0 Å². The van der Waals surface area contributed by atoms with Gasteiger partial charge in [0.25, 0.3) is 0 Å². The summed E-state index contributed by atoms with van der Waals surface area (Å²) in [6.45, 7) is 11.6. The van der Waals surface area contributed by atoms with Crippen LogP contribution in [0.25, 0.3) is 0 Å². The number of hydrogen-bond donors (Lipinski definition) is 0. The lowest BCUT2D eigenvalue weighted by Crippen LogP contribution is -2.43. The van der Waals surface area contributed by atoms with Gasteiger partial charge in [-0.2, -0.15) is 0 Å². The summed E-state index contributed by atoms with van der Waals surface area (Å²) in [6, 6.07) is 10.7. The lowest BCUT2D eigenvalue weighted by Gasteiger charge is -2.38. The van der Waals surface area contributed by atoms with E-state index in [0.29, 0.717) is 0 Å². The topological polar surface area (TPSA) is 9.23 Å². The highest BCUT2D eigenvalue weighted by atomic mass is 127. The average molecular weight is 528 g/mol. The third kappa shape index (κ3) is 7.13. The highest BCUT2D eigenvalue weighted by molar-refractivity contribution is 14.2. The summed E-state index contributed by atoms with van der Waals surface area (Å²) in [4.78, 5) is 0. The fourth-order valence-corrected chi connectivity index (χ4v) is 3.92. The minimum Gasteiger partial charge on any atom is -0.410 e. The standard InChI is InChI=1S/C17H26I2OSi/c1-17(2,3)21(4,5)20-15(13-16(18)19)12-11-14-9-7-6-8-10-14/h6-10,13,15H,11-12H2,1-5H3. The van der Waals surface area contributed by atoms with Crippen molar-refractivity contribution in [3.8, 4) is 0 Å². The van der Waals surface area contributed by atoms with Gasteiger partial charge in [0.2, 0.25) is 0 Å². The van der Waals surface area contributed by atoms with Gasteiger partial charge in [0.1, 0.15) is 0 Å². The second kappa shape index (κ2) is 8.45. The Morgan fingerprint density at radius 2 is 1.76 bits per heavy atom. The maximum absolute atomic E-state index is 6.59. The smallest absolute Gasteiger partial charge is 0.192 e. The molecule has 0 amide bonds. The minimum absolute atomic E-state index is 0.217. The van der Waals surface area contributed by atoms with Crippen LogP contribution in [0, 0.1) is 0 Å². The van der Waals surface area contributed by atoms with Crippen LogP contribution in [-0.4, -0.2) is 14.4 Å². The van der Waals surface area contributed by atoms with Crippen molar-refractivity contribution in [1.82, 2.24) is 0 Å². The predicted molar refractivity (Wildman–Crippen MR) is 113 cm³/mol. The van der Waals surface area contributed by atoms with E-state index in [4.69, 9.17) is 4.43 Å². The van der Waals surface area contributed by atoms with Crippen LogP contribution in [0.4, 0.5) is 0 Å². The van der Waals surface area contributed by atoms with E-state index in [-0.39, 0.29) is 11.1 Å². The van der Waals surface area contributed by atoms with Crippen molar-refractivity contribution in [2.75, 3.05) is 0 Å². The number of rotatable bonds is 6. The Labute approximate surface area is 158 Å². The fourth-order valence-electron chi connectivity index (χ4n) is 1.83. The van der Waals surface area contributed by atoms with Gasteiger partial charge in [0.15, 0.2) is 8.32 Å². The van der Waals surface area contributed by atoms with Crippen molar-refractivity contribution in [2.45, 2.75) is 57.8 Å². The average Bonchev–Trinajstić information content (AvgIpc) is 2.35. The van der Waals surface area contributed by atoms with Crippen molar-refractivity contribution in [3.05, 3.63) is 43.6 Å². The number of aryl methyl sites for hydroxylation is 1. The molecule has 4 heteroatoms. The molecule has 1 aromatic rings. The SMILES string of the molecule is CC(C)(C)[Si](C)(C)OC(C=C(I)I)CCc1ccccc1. The molecular weight excluding hydrogens is 502 g/mol. The molecule has 0 aliphatic rings. The van der Waals surface area contributed by atoms with Gasteiger partial charge in [-0.15, -0.1) is 0 Å². The van der Waals surface area contributed by atoms with Gasteiger partial charge < -0.3 is 4.43 Å². The third-order valence-corrected chi connectivity index (χ3v) is 9.35. The summed E-state index contributed by atoms with van der Waals surface area (Å²) in [6.07, 6.45) is 4.60. The van der Waals surface area contributed by atoms with Gasteiger partial charge >= 0.3 is 0 Å². The maximum Gasteiger partial charge on any atom is 0.192 e. The molecule has 0 saturated heterocycles. The molecule has 1 rings (SSSR count). The van der Waals surface area contributed by atoms with Crippen molar-refractivity contribution >= 4 is 53.5 Å². The zero-order valence-electron chi connectivity index (χ0n) is 13.6. The Kier molecular flexibility index (Phi) is 7.90. The van der Waals surface area contributed by atoms with E-state index >= 15 is 0 Å². The zero-order valence-corrected chi connectivity index (χ0v) is 18.9. The van der Waals surface area contributed by atoms with Crippen LogP contribution in [0.2, 0.25) is 18.1 Å². The quantitative estimate of drug-likeness (QED) is 0.294. The summed E-state index contributed by atoms with van der Waals surface area (Å²) in [5, 5.41) is 0.253. The van der Waals surface area contributed by atoms with Crippen LogP contribution >= 0.6 is 45.2 Å². The van der Waals surface area contributed by atoms with Gasteiger partial charge in [-0.25, -0.2) is 0 Å². The maximum atomic E-state index is 6.59. The molecule has 0 aliphatic carbocycles. The molecule has 1 aromatic carbocycles. The first-order valence-electron chi connectivity index (χ1n) is 7.36. The van der Waals surface area contributed by atoms with E-state index in [9.17, 15) is 0 Å². The van der Waals surface area contributed by atoms with Crippen molar-refractivity contribution in [3.63, 3.8) is 0 Å². The molecule has 1 nitrogen and oxygen atoms in total. The van der Waals surface area contributed by atoms with Gasteiger partial charge in [-0.1, -0.05) is 51.1 Å². The molecule has 0 bridgehead atoms. The first-order valence-corrected chi connectivity index (χ1v) is 12.4. The molecule has 0 aromatic heterocycles. The molecule has 118 valence electrons. The second-order valence-electron chi connectivity index (χ2n) is 6.90. The molecule has 0 N–H and O–H groups in total. The van der Waals surface area contributed by atoms with E-state index in [1.165, 1.54) is 7.15 Å². The highest BCUT2D eigenvalue weighted by Crippen LogP contribution is 2.38. The number of hydrogen-bond acceptors (Lipinski definition) is 1. The molecule has 21 heavy (non-hydrogen) atoms. The van der Waals surface area contributed by atoms with E-state index in [1.807, 2.05) is 0 Å². The Hall–Kier alpha value is 0.597. The lowest BCUT2D eigenvalue weighted by molar-refractivity contribution is 0.215. The number of benzene rings is 1. The fraction of sp³-hybridized carbons (Fsp3) is 0.529. The molecule has 0 aliphatic heterocycles. The van der Waals surface area contributed by atoms with E-state index in [1.54, 1.807) is 0 Å². The van der Waals surface area contributed by atoms with Gasteiger partial charge in [-0.3, -0.25) is 0 Å². The van der Waals surface area contributed by atoms with Gasteiger partial charge in [-0.05, 0) is 87.8 Å². The zero-order chi connectivity index (χ0) is 16.1. The van der Waals surface area contributed by atoms with Crippen LogP contribution in [0.1, 0.15) is 32.8 Å². The number of halogens is 2. The molecule has 0 heterocycles. The normalized spacial score (nSPS) is 13.9. The molecule has 1 atom stereocenters. The van der Waals surface area contributed by atoms with E-state index in [0.717, 1.165) is 12.8 Å². The largest absolute Gasteiger partial charge is 0.410 e. The summed E-state index contributed by atoms with van der Waals surface area (Å²) in [7, 11) is -1.72. The van der Waals surface area contributed by atoms with Crippen molar-refractivity contribution in [1.29, 1.82) is 0 Å². The first kappa shape index (κ1) is 19.6. The molecule has 0 saturated carbocycles. The molecule has 1 unspecified atom stereocenters. The molecule has 0 radical (unpaired) electrons. The second-order valence-corrected chi connectivity index (χ2v) is 16.0. The Balaban J connectivity index is 2.75. The van der Waals surface area contributed by atoms with E-state index in [2.05, 4.69) is 115 Å².